The van der Waals surface area contributed by atoms with Crippen LogP contribution in [0, 0.1) is 13.8 Å². The Balaban J connectivity index is 2.80. The first-order valence-electron chi connectivity index (χ1n) is 3.66. The van der Waals surface area contributed by atoms with Crippen LogP contribution in [-0.2, 0) is 4.79 Å². The van der Waals surface area contributed by atoms with E-state index in [0.717, 1.165) is 11.4 Å². The Kier molecular flexibility index (Phi) is 2.76. The Bertz CT molecular complexity index is 274. The summed E-state index contributed by atoms with van der Waals surface area (Å²) in [6.45, 7) is 3.84. The molecule has 0 aromatic carbocycles. The van der Waals surface area contributed by atoms with Crippen molar-refractivity contribution < 1.29 is 4.79 Å². The molecule has 1 heterocycles. The normalized spacial score (nSPS) is 9.92. The van der Waals surface area contributed by atoms with Gasteiger partial charge in [-0.2, -0.15) is 0 Å². The van der Waals surface area contributed by atoms with Gasteiger partial charge in [0.25, 0.3) is 5.91 Å². The van der Waals surface area contributed by atoms with Crippen molar-refractivity contribution in [2.45, 2.75) is 13.8 Å². The van der Waals surface area contributed by atoms with Gasteiger partial charge < -0.3 is 0 Å². The number of hydrogen-bond donors (Lipinski definition) is 1. The summed E-state index contributed by atoms with van der Waals surface area (Å²) in [5.74, 6) is -0.212. The van der Waals surface area contributed by atoms with E-state index in [1.54, 1.807) is 4.68 Å². The highest BCUT2D eigenvalue weighted by atomic mass is 35.5. The van der Waals surface area contributed by atoms with E-state index in [2.05, 4.69) is 5.43 Å². The molecular weight excluding hydrogens is 176 g/mol. The number of amides is 1. The Labute approximate surface area is 76.3 Å². The second-order valence-electron chi connectivity index (χ2n) is 2.62. The quantitative estimate of drug-likeness (QED) is 0.697. The molecule has 1 N–H and O–H groups in total. The minimum atomic E-state index is -0.195. The molecule has 0 aliphatic heterocycles. The van der Waals surface area contributed by atoms with Crippen molar-refractivity contribution in [3.63, 3.8) is 0 Å². The maximum Gasteiger partial charge on any atom is 0.253 e. The summed E-state index contributed by atoms with van der Waals surface area (Å²) in [6, 6.07) is 3.87. The number of nitrogens with zero attached hydrogens (tertiary/aromatic N) is 1. The van der Waals surface area contributed by atoms with Crippen molar-refractivity contribution >= 4 is 17.5 Å². The highest BCUT2D eigenvalue weighted by molar-refractivity contribution is 6.28. The third-order valence-electron chi connectivity index (χ3n) is 1.63. The molecule has 0 saturated heterocycles. The number of halogens is 1. The van der Waals surface area contributed by atoms with E-state index >= 15 is 0 Å². The van der Waals surface area contributed by atoms with Gasteiger partial charge in [0.1, 0.15) is 5.88 Å². The summed E-state index contributed by atoms with van der Waals surface area (Å²) in [6.07, 6.45) is 0. The first-order chi connectivity index (χ1) is 5.65. The average molecular weight is 187 g/mol. The fourth-order valence-electron chi connectivity index (χ4n) is 0.999. The molecule has 0 atom stereocenters. The van der Waals surface area contributed by atoms with Crippen molar-refractivity contribution in [2.24, 2.45) is 0 Å². The molecule has 1 aromatic heterocycles. The molecule has 1 rings (SSSR count). The zero-order chi connectivity index (χ0) is 9.14. The summed E-state index contributed by atoms with van der Waals surface area (Å²) in [5.41, 5.74) is 4.64. The van der Waals surface area contributed by atoms with Gasteiger partial charge >= 0.3 is 0 Å². The van der Waals surface area contributed by atoms with E-state index in [0.29, 0.717) is 0 Å². The van der Waals surface area contributed by atoms with Crippen LogP contribution >= 0.6 is 11.6 Å². The maximum atomic E-state index is 10.9. The van der Waals surface area contributed by atoms with Crippen LogP contribution in [0.2, 0.25) is 0 Å². The van der Waals surface area contributed by atoms with Gasteiger partial charge in [0.05, 0.1) is 0 Å². The second-order valence-corrected chi connectivity index (χ2v) is 2.89. The van der Waals surface area contributed by atoms with Crippen LogP contribution in [0.1, 0.15) is 11.4 Å². The molecule has 4 heteroatoms. The van der Waals surface area contributed by atoms with E-state index in [-0.39, 0.29) is 11.8 Å². The van der Waals surface area contributed by atoms with Gasteiger partial charge in [-0.3, -0.25) is 14.9 Å². The number of carbonyl (C=O) groups is 1. The number of aromatic nitrogens is 1. The number of hydrogen-bond acceptors (Lipinski definition) is 1. The zero-order valence-corrected chi connectivity index (χ0v) is 7.85. The highest BCUT2D eigenvalue weighted by Gasteiger charge is 2.03. The van der Waals surface area contributed by atoms with Crippen LogP contribution in [0.3, 0.4) is 0 Å². The lowest BCUT2D eigenvalue weighted by atomic mass is 10.5. The minimum absolute atomic E-state index is 0.0168. The van der Waals surface area contributed by atoms with Crippen molar-refractivity contribution in [1.29, 1.82) is 0 Å². The Hall–Kier alpha value is -0.960. The molecule has 3 nitrogen and oxygen atoms in total. The van der Waals surface area contributed by atoms with Gasteiger partial charge in [-0.05, 0) is 26.0 Å². The van der Waals surface area contributed by atoms with Gasteiger partial charge in [-0.25, -0.2) is 0 Å². The summed E-state index contributed by atoms with van der Waals surface area (Å²) in [5, 5.41) is 0. The average Bonchev–Trinajstić information content (AvgIpc) is 2.35. The van der Waals surface area contributed by atoms with Crippen LogP contribution < -0.4 is 5.43 Å². The molecule has 12 heavy (non-hydrogen) atoms. The lowest BCUT2D eigenvalue weighted by Crippen LogP contribution is -2.25. The van der Waals surface area contributed by atoms with Gasteiger partial charge in [0.2, 0.25) is 0 Å². The Morgan fingerprint density at radius 1 is 1.50 bits per heavy atom. The third-order valence-corrected chi connectivity index (χ3v) is 1.87. The van der Waals surface area contributed by atoms with E-state index < -0.39 is 0 Å². The van der Waals surface area contributed by atoms with E-state index in [1.807, 2.05) is 26.0 Å². The van der Waals surface area contributed by atoms with E-state index in [9.17, 15) is 4.79 Å². The van der Waals surface area contributed by atoms with Crippen LogP contribution in [0.25, 0.3) is 0 Å². The number of nitrogens with one attached hydrogen (secondary N) is 1. The molecular formula is C8H11ClN2O. The fourth-order valence-corrected chi connectivity index (χ4v) is 1.06. The SMILES string of the molecule is Cc1ccc(C)n1NC(=O)CCl. The van der Waals surface area contributed by atoms with Crippen LogP contribution in [0.5, 0.6) is 0 Å². The van der Waals surface area contributed by atoms with Crippen molar-refractivity contribution in [3.8, 4) is 0 Å². The predicted molar refractivity (Wildman–Crippen MR) is 49.0 cm³/mol. The van der Waals surface area contributed by atoms with E-state index in [1.165, 1.54) is 0 Å². The third kappa shape index (κ3) is 1.80. The lowest BCUT2D eigenvalue weighted by Gasteiger charge is -2.08. The number of carbonyl (C=O) groups excluding carboxylic acids is 1. The molecule has 1 amide bonds. The van der Waals surface area contributed by atoms with Gasteiger partial charge in [0, 0.05) is 11.4 Å². The first kappa shape index (κ1) is 9.13. The summed E-state index contributed by atoms with van der Waals surface area (Å²) in [7, 11) is 0. The highest BCUT2D eigenvalue weighted by Crippen LogP contribution is 2.03. The van der Waals surface area contributed by atoms with Crippen LogP contribution in [-0.4, -0.2) is 16.5 Å². The smallest absolute Gasteiger partial charge is 0.253 e. The van der Waals surface area contributed by atoms with Gasteiger partial charge in [-0.15, -0.1) is 11.6 Å². The molecule has 0 aliphatic rings. The Morgan fingerprint density at radius 2 is 2.00 bits per heavy atom. The maximum absolute atomic E-state index is 10.9. The topological polar surface area (TPSA) is 34.0 Å². The monoisotopic (exact) mass is 186 g/mol. The molecule has 1 aromatic rings. The minimum Gasteiger partial charge on any atom is -0.272 e. The molecule has 0 fully saturated rings. The van der Waals surface area contributed by atoms with Gasteiger partial charge in [-0.1, -0.05) is 0 Å². The molecule has 0 spiro atoms. The number of rotatable bonds is 2. The molecule has 0 saturated carbocycles. The fraction of sp³-hybridized carbons (Fsp3) is 0.375. The van der Waals surface area contributed by atoms with Crippen molar-refractivity contribution in [2.75, 3.05) is 11.3 Å². The number of alkyl halides is 1. The predicted octanol–water partition coefficient (Wildman–Crippen LogP) is 1.41. The lowest BCUT2D eigenvalue weighted by molar-refractivity contribution is -0.114. The largest absolute Gasteiger partial charge is 0.272 e. The van der Waals surface area contributed by atoms with Crippen LogP contribution in [0.15, 0.2) is 12.1 Å². The first-order valence-corrected chi connectivity index (χ1v) is 4.19. The summed E-state index contributed by atoms with van der Waals surface area (Å²) in [4.78, 5) is 10.9. The molecule has 0 bridgehead atoms. The standard InChI is InChI=1S/C8H11ClN2O/c1-6-3-4-7(2)11(6)10-8(12)5-9/h3-4H,5H2,1-2H3,(H,10,12). The zero-order valence-electron chi connectivity index (χ0n) is 7.10. The second kappa shape index (κ2) is 3.63. The van der Waals surface area contributed by atoms with Crippen molar-refractivity contribution in [1.82, 2.24) is 4.68 Å². The summed E-state index contributed by atoms with van der Waals surface area (Å²) >= 11 is 5.35. The number of aryl methyl sites for hydroxylation is 2. The van der Waals surface area contributed by atoms with Crippen molar-refractivity contribution in [3.05, 3.63) is 23.5 Å². The molecule has 0 unspecified atom stereocenters. The van der Waals surface area contributed by atoms with E-state index in [4.69, 9.17) is 11.6 Å². The molecule has 66 valence electrons. The van der Waals surface area contributed by atoms with Crippen LogP contribution in [0.4, 0.5) is 0 Å². The van der Waals surface area contributed by atoms with Gasteiger partial charge in [0.15, 0.2) is 0 Å². The Morgan fingerprint density at radius 3 is 2.42 bits per heavy atom. The molecule has 0 radical (unpaired) electrons. The molecule has 0 aliphatic carbocycles. The summed E-state index contributed by atoms with van der Waals surface area (Å²) < 4.78 is 1.71.